The van der Waals surface area contributed by atoms with Crippen LogP contribution < -0.4 is 5.32 Å². The van der Waals surface area contributed by atoms with Crippen molar-refractivity contribution in [2.45, 2.75) is 44.1 Å². The maximum absolute atomic E-state index is 12.6. The van der Waals surface area contributed by atoms with Crippen LogP contribution in [0.3, 0.4) is 0 Å². The predicted octanol–water partition coefficient (Wildman–Crippen LogP) is 2.42. The normalized spacial score (nSPS) is 19.2. The first-order valence-electron chi connectivity index (χ1n) is 8.55. The number of amides is 2. The standard InChI is InChI=1S/C18H20N4O3/c1-22(10-15-20-18(25-21-15)11-6-7-11)17(24)9-12-8-16(23)19-14-5-3-2-4-13(12)14/h2-5,11-12H,6-10H2,1H3,(H,19,23). The molecule has 4 rings (SSSR count). The first kappa shape index (κ1) is 15.8. The van der Waals surface area contributed by atoms with Gasteiger partial charge >= 0.3 is 0 Å². The fourth-order valence-electron chi connectivity index (χ4n) is 3.18. The number of benzene rings is 1. The summed E-state index contributed by atoms with van der Waals surface area (Å²) in [6.45, 7) is 0.315. The first-order chi connectivity index (χ1) is 12.1. The third-order valence-corrected chi connectivity index (χ3v) is 4.74. The van der Waals surface area contributed by atoms with Crippen molar-refractivity contribution in [1.29, 1.82) is 0 Å². The number of nitrogens with zero attached hydrogens (tertiary/aromatic N) is 3. The zero-order valence-corrected chi connectivity index (χ0v) is 14.1. The maximum atomic E-state index is 12.6. The molecular formula is C18H20N4O3. The SMILES string of the molecule is CN(Cc1noc(C2CC2)n1)C(=O)CC1CC(=O)Nc2ccccc21. The van der Waals surface area contributed by atoms with Gasteiger partial charge in [-0.1, -0.05) is 23.4 Å². The number of fused-ring (bicyclic) bond motifs is 1. The van der Waals surface area contributed by atoms with E-state index in [9.17, 15) is 9.59 Å². The largest absolute Gasteiger partial charge is 0.339 e. The van der Waals surface area contributed by atoms with Crippen LogP contribution in [0.25, 0.3) is 0 Å². The summed E-state index contributed by atoms with van der Waals surface area (Å²) in [7, 11) is 1.73. The van der Waals surface area contributed by atoms with Crippen molar-refractivity contribution in [3.05, 3.63) is 41.5 Å². The molecule has 1 aromatic carbocycles. The third-order valence-electron chi connectivity index (χ3n) is 4.74. The van der Waals surface area contributed by atoms with Gasteiger partial charge in [0, 0.05) is 37.4 Å². The summed E-state index contributed by atoms with van der Waals surface area (Å²) >= 11 is 0. The smallest absolute Gasteiger partial charge is 0.229 e. The van der Waals surface area contributed by atoms with E-state index in [2.05, 4.69) is 15.5 Å². The summed E-state index contributed by atoms with van der Waals surface area (Å²) in [5, 5.41) is 6.81. The van der Waals surface area contributed by atoms with Gasteiger partial charge in [0.05, 0.1) is 6.54 Å². The molecule has 0 saturated heterocycles. The van der Waals surface area contributed by atoms with Crippen LogP contribution in [0.5, 0.6) is 0 Å². The molecule has 0 spiro atoms. The van der Waals surface area contributed by atoms with Crippen LogP contribution in [0.15, 0.2) is 28.8 Å². The topological polar surface area (TPSA) is 88.3 Å². The number of carbonyl (C=O) groups excluding carboxylic acids is 2. The molecule has 1 aromatic heterocycles. The van der Waals surface area contributed by atoms with Crippen LogP contribution in [-0.4, -0.2) is 33.9 Å². The maximum Gasteiger partial charge on any atom is 0.229 e. The summed E-state index contributed by atoms with van der Waals surface area (Å²) in [6.07, 6.45) is 2.80. The Labute approximate surface area is 145 Å². The van der Waals surface area contributed by atoms with Crippen LogP contribution >= 0.6 is 0 Å². The number of rotatable bonds is 5. The number of anilines is 1. The molecule has 0 radical (unpaired) electrons. The van der Waals surface area contributed by atoms with Crippen molar-refractivity contribution in [3.8, 4) is 0 Å². The minimum atomic E-state index is -0.104. The van der Waals surface area contributed by atoms with Crippen molar-refractivity contribution in [2.75, 3.05) is 12.4 Å². The molecule has 1 fully saturated rings. The lowest BCUT2D eigenvalue weighted by Gasteiger charge is -2.26. The highest BCUT2D eigenvalue weighted by atomic mass is 16.5. The highest BCUT2D eigenvalue weighted by Gasteiger charge is 2.30. The Kier molecular flexibility index (Phi) is 3.99. The molecule has 1 unspecified atom stereocenters. The third kappa shape index (κ3) is 3.40. The second-order valence-corrected chi connectivity index (χ2v) is 6.81. The number of para-hydroxylation sites is 1. The molecule has 1 N–H and O–H groups in total. The van der Waals surface area contributed by atoms with Gasteiger partial charge in [0.25, 0.3) is 0 Å². The summed E-state index contributed by atoms with van der Waals surface area (Å²) in [5.74, 6) is 1.42. The number of carbonyl (C=O) groups is 2. The highest BCUT2D eigenvalue weighted by Crippen LogP contribution is 2.39. The molecule has 130 valence electrons. The highest BCUT2D eigenvalue weighted by molar-refractivity contribution is 5.95. The van der Waals surface area contributed by atoms with Gasteiger partial charge < -0.3 is 14.7 Å². The van der Waals surface area contributed by atoms with Gasteiger partial charge in [0.2, 0.25) is 17.7 Å². The Bertz CT molecular complexity index is 812. The van der Waals surface area contributed by atoms with E-state index >= 15 is 0 Å². The molecular weight excluding hydrogens is 320 g/mol. The second kappa shape index (κ2) is 6.31. The number of nitrogens with one attached hydrogen (secondary N) is 1. The molecule has 1 aliphatic carbocycles. The molecule has 2 aromatic rings. The van der Waals surface area contributed by atoms with E-state index in [1.807, 2.05) is 24.3 Å². The predicted molar refractivity (Wildman–Crippen MR) is 89.8 cm³/mol. The van der Waals surface area contributed by atoms with Crippen LogP contribution in [0.1, 0.15) is 54.8 Å². The van der Waals surface area contributed by atoms with Gasteiger partial charge in [0.15, 0.2) is 5.82 Å². The van der Waals surface area contributed by atoms with Crippen molar-refractivity contribution in [3.63, 3.8) is 0 Å². The van der Waals surface area contributed by atoms with Gasteiger partial charge in [-0.25, -0.2) is 0 Å². The lowest BCUT2D eigenvalue weighted by Crippen LogP contribution is -2.31. The molecule has 2 amide bonds. The molecule has 25 heavy (non-hydrogen) atoms. The summed E-state index contributed by atoms with van der Waals surface area (Å²) in [6, 6.07) is 7.64. The monoisotopic (exact) mass is 340 g/mol. The van der Waals surface area contributed by atoms with E-state index in [-0.39, 0.29) is 24.2 Å². The van der Waals surface area contributed by atoms with Crippen LogP contribution in [0.4, 0.5) is 5.69 Å². The average Bonchev–Trinajstić information content (AvgIpc) is 3.34. The van der Waals surface area contributed by atoms with Gasteiger partial charge in [-0.3, -0.25) is 9.59 Å². The van der Waals surface area contributed by atoms with Gasteiger partial charge in [-0.2, -0.15) is 4.98 Å². The van der Waals surface area contributed by atoms with Crippen LogP contribution in [0, 0.1) is 0 Å². The summed E-state index contributed by atoms with van der Waals surface area (Å²) in [4.78, 5) is 30.4. The minimum Gasteiger partial charge on any atom is -0.339 e. The molecule has 1 aliphatic heterocycles. The molecule has 2 heterocycles. The lowest BCUT2D eigenvalue weighted by molar-refractivity contribution is -0.131. The van der Waals surface area contributed by atoms with E-state index in [1.165, 1.54) is 0 Å². The summed E-state index contributed by atoms with van der Waals surface area (Å²) < 4.78 is 5.23. The van der Waals surface area contributed by atoms with E-state index in [0.29, 0.717) is 30.6 Å². The fourth-order valence-corrected chi connectivity index (χ4v) is 3.18. The van der Waals surface area contributed by atoms with Crippen molar-refractivity contribution >= 4 is 17.5 Å². The number of hydrogen-bond acceptors (Lipinski definition) is 5. The first-order valence-corrected chi connectivity index (χ1v) is 8.55. The van der Waals surface area contributed by atoms with Crippen LogP contribution in [-0.2, 0) is 16.1 Å². The zero-order valence-electron chi connectivity index (χ0n) is 14.1. The quantitative estimate of drug-likeness (QED) is 0.903. The zero-order chi connectivity index (χ0) is 17.4. The Morgan fingerprint density at radius 2 is 2.16 bits per heavy atom. The lowest BCUT2D eigenvalue weighted by atomic mass is 9.87. The van der Waals surface area contributed by atoms with Gasteiger partial charge in [-0.05, 0) is 24.5 Å². The Morgan fingerprint density at radius 1 is 1.36 bits per heavy atom. The Hall–Kier alpha value is -2.70. The van der Waals surface area contributed by atoms with E-state index in [0.717, 1.165) is 24.1 Å². The van der Waals surface area contributed by atoms with E-state index in [1.54, 1.807) is 11.9 Å². The Morgan fingerprint density at radius 3 is 2.96 bits per heavy atom. The Balaban J connectivity index is 1.41. The molecule has 7 nitrogen and oxygen atoms in total. The summed E-state index contributed by atoms with van der Waals surface area (Å²) in [5.41, 5.74) is 1.81. The molecule has 7 heteroatoms. The van der Waals surface area contributed by atoms with Crippen LogP contribution in [0.2, 0.25) is 0 Å². The number of hydrogen-bond donors (Lipinski definition) is 1. The van der Waals surface area contributed by atoms with Crippen molar-refractivity contribution in [2.24, 2.45) is 0 Å². The van der Waals surface area contributed by atoms with Gasteiger partial charge in [-0.15, -0.1) is 0 Å². The minimum absolute atomic E-state index is 0.0349. The molecule has 2 aliphatic rings. The van der Waals surface area contributed by atoms with E-state index in [4.69, 9.17) is 4.52 Å². The van der Waals surface area contributed by atoms with Gasteiger partial charge in [0.1, 0.15) is 0 Å². The molecule has 0 bridgehead atoms. The molecule has 1 saturated carbocycles. The van der Waals surface area contributed by atoms with Crippen molar-refractivity contribution in [1.82, 2.24) is 15.0 Å². The number of aromatic nitrogens is 2. The second-order valence-electron chi connectivity index (χ2n) is 6.81. The van der Waals surface area contributed by atoms with E-state index < -0.39 is 0 Å². The average molecular weight is 340 g/mol. The fraction of sp³-hybridized carbons (Fsp3) is 0.444. The molecule has 1 atom stereocenters. The van der Waals surface area contributed by atoms with Crippen molar-refractivity contribution < 1.29 is 14.1 Å².